The summed E-state index contributed by atoms with van der Waals surface area (Å²) in [6, 6.07) is 0. The summed E-state index contributed by atoms with van der Waals surface area (Å²) in [4.78, 5) is 13.7. The number of hydrogen-bond donors (Lipinski definition) is 2. The highest BCUT2D eigenvalue weighted by molar-refractivity contribution is 7.07. The van der Waals surface area contributed by atoms with E-state index in [1.165, 1.54) is 11.3 Å². The van der Waals surface area contributed by atoms with Gasteiger partial charge in [0.05, 0.1) is 0 Å². The molecule has 0 unspecified atom stereocenters. The molecule has 0 fully saturated rings. The van der Waals surface area contributed by atoms with Gasteiger partial charge in [0.1, 0.15) is 0 Å². The fraction of sp³-hybridized carbons (Fsp3) is 0.625. The van der Waals surface area contributed by atoms with Crippen LogP contribution in [0.5, 0.6) is 0 Å². The summed E-state index contributed by atoms with van der Waals surface area (Å²) in [5.74, 6) is 0. The summed E-state index contributed by atoms with van der Waals surface area (Å²) in [5, 5.41) is 4.99. The van der Waals surface area contributed by atoms with E-state index in [4.69, 9.17) is 0 Å². The van der Waals surface area contributed by atoms with Gasteiger partial charge >= 0.3 is 4.87 Å². The number of hydrogen-bond acceptors (Lipinski definition) is 3. The lowest BCUT2D eigenvalue weighted by atomic mass is 9.90. The Morgan fingerprint density at radius 2 is 2.33 bits per heavy atom. The summed E-state index contributed by atoms with van der Waals surface area (Å²) < 4.78 is 0. The molecule has 1 heterocycles. The second kappa shape index (κ2) is 3.41. The van der Waals surface area contributed by atoms with E-state index in [9.17, 15) is 4.79 Å². The molecule has 0 saturated carbocycles. The van der Waals surface area contributed by atoms with Gasteiger partial charge in [-0.1, -0.05) is 25.2 Å². The van der Waals surface area contributed by atoms with Crippen LogP contribution in [0.25, 0.3) is 0 Å². The van der Waals surface area contributed by atoms with Crippen LogP contribution < -0.4 is 10.2 Å². The molecule has 4 heteroatoms. The quantitative estimate of drug-likeness (QED) is 0.737. The van der Waals surface area contributed by atoms with Crippen LogP contribution in [0.4, 0.5) is 0 Å². The summed E-state index contributed by atoms with van der Waals surface area (Å²) in [7, 11) is 1.91. The van der Waals surface area contributed by atoms with Crippen LogP contribution in [0.1, 0.15) is 19.5 Å². The molecule has 0 saturated heterocycles. The average Bonchev–Trinajstić information content (AvgIpc) is 2.36. The molecular formula is C8H14N2OS. The third-order valence-corrected chi connectivity index (χ3v) is 2.54. The molecule has 0 amide bonds. The molecule has 0 spiro atoms. The smallest absolute Gasteiger partial charge is 0.304 e. The molecule has 68 valence electrons. The number of nitrogens with one attached hydrogen (secondary N) is 2. The molecular weight excluding hydrogens is 172 g/mol. The van der Waals surface area contributed by atoms with Crippen molar-refractivity contribution in [3.63, 3.8) is 0 Å². The minimum Gasteiger partial charge on any atom is -0.319 e. The van der Waals surface area contributed by atoms with Gasteiger partial charge in [0, 0.05) is 23.0 Å². The van der Waals surface area contributed by atoms with Crippen molar-refractivity contribution in [1.82, 2.24) is 10.3 Å². The zero-order chi connectivity index (χ0) is 9.19. The molecule has 0 aliphatic carbocycles. The van der Waals surface area contributed by atoms with Crippen molar-refractivity contribution in [2.45, 2.75) is 19.3 Å². The molecule has 0 radical (unpaired) electrons. The Morgan fingerprint density at radius 1 is 1.67 bits per heavy atom. The van der Waals surface area contributed by atoms with Gasteiger partial charge in [-0.3, -0.25) is 4.79 Å². The van der Waals surface area contributed by atoms with Crippen molar-refractivity contribution in [3.05, 3.63) is 20.7 Å². The van der Waals surface area contributed by atoms with E-state index in [0.29, 0.717) is 0 Å². The lowest BCUT2D eigenvalue weighted by Gasteiger charge is -2.22. The molecule has 2 N–H and O–H groups in total. The predicted octanol–water partition coefficient (Wildman–Crippen LogP) is 0.933. The first-order valence-corrected chi connectivity index (χ1v) is 4.77. The fourth-order valence-corrected chi connectivity index (χ4v) is 1.92. The Bertz CT molecular complexity index is 300. The van der Waals surface area contributed by atoms with Crippen molar-refractivity contribution in [2.24, 2.45) is 0 Å². The number of H-pyrrole nitrogens is 1. The highest BCUT2D eigenvalue weighted by Gasteiger charge is 2.21. The van der Waals surface area contributed by atoms with Crippen molar-refractivity contribution < 1.29 is 0 Å². The molecule has 0 aromatic carbocycles. The van der Waals surface area contributed by atoms with Crippen LogP contribution in [0.3, 0.4) is 0 Å². The maximum Gasteiger partial charge on any atom is 0.304 e. The molecule has 1 rings (SSSR count). The number of aromatic amines is 1. The zero-order valence-electron chi connectivity index (χ0n) is 7.60. The van der Waals surface area contributed by atoms with E-state index >= 15 is 0 Å². The van der Waals surface area contributed by atoms with Gasteiger partial charge in [-0.15, -0.1) is 0 Å². The number of likely N-dealkylation sites (N-methyl/N-ethyl adjacent to an activating group) is 1. The Balaban J connectivity index is 2.88. The molecule has 0 aliphatic rings. The van der Waals surface area contributed by atoms with Crippen molar-refractivity contribution in [2.75, 3.05) is 13.6 Å². The number of thiazole rings is 1. The fourth-order valence-electron chi connectivity index (χ4n) is 1.15. The second-order valence-corrected chi connectivity index (χ2v) is 4.32. The Hall–Kier alpha value is -0.610. The standard InChI is InChI=1S/C8H14N2OS/c1-8(2,5-9-3)6-4-12-7(11)10-6/h4,9H,5H2,1-3H3,(H,10,11). The van der Waals surface area contributed by atoms with Gasteiger partial charge in [-0.05, 0) is 7.05 Å². The molecule has 0 aliphatic heterocycles. The third-order valence-electron chi connectivity index (χ3n) is 1.87. The van der Waals surface area contributed by atoms with Crippen LogP contribution in [0.2, 0.25) is 0 Å². The zero-order valence-corrected chi connectivity index (χ0v) is 8.42. The van der Waals surface area contributed by atoms with E-state index in [0.717, 1.165) is 12.2 Å². The van der Waals surface area contributed by atoms with Crippen LogP contribution in [0.15, 0.2) is 10.2 Å². The van der Waals surface area contributed by atoms with Crippen LogP contribution >= 0.6 is 11.3 Å². The summed E-state index contributed by atoms with van der Waals surface area (Å²) in [6.45, 7) is 5.06. The van der Waals surface area contributed by atoms with Gasteiger partial charge < -0.3 is 10.3 Å². The topological polar surface area (TPSA) is 44.9 Å². The lowest BCUT2D eigenvalue weighted by Crippen LogP contribution is -2.31. The first kappa shape index (κ1) is 9.48. The maximum absolute atomic E-state index is 10.9. The molecule has 1 aromatic rings. The first-order chi connectivity index (χ1) is 5.56. The minimum absolute atomic E-state index is 0.00785. The summed E-state index contributed by atoms with van der Waals surface area (Å²) in [6.07, 6.45) is 0. The number of aromatic nitrogens is 1. The highest BCUT2D eigenvalue weighted by atomic mass is 32.1. The normalized spacial score (nSPS) is 11.9. The van der Waals surface area contributed by atoms with Crippen LogP contribution in [-0.2, 0) is 5.41 Å². The van der Waals surface area contributed by atoms with Crippen molar-refractivity contribution in [1.29, 1.82) is 0 Å². The van der Waals surface area contributed by atoms with E-state index in [1.54, 1.807) is 0 Å². The molecule has 1 aromatic heterocycles. The largest absolute Gasteiger partial charge is 0.319 e. The van der Waals surface area contributed by atoms with Gasteiger partial charge in [0.25, 0.3) is 0 Å². The Kier molecular flexibility index (Phi) is 2.69. The van der Waals surface area contributed by atoms with E-state index < -0.39 is 0 Å². The number of rotatable bonds is 3. The highest BCUT2D eigenvalue weighted by Crippen LogP contribution is 2.19. The SMILES string of the molecule is CNCC(C)(C)c1csc(=O)[nH]1. The van der Waals surface area contributed by atoms with Crippen LogP contribution in [-0.4, -0.2) is 18.6 Å². The summed E-state index contributed by atoms with van der Waals surface area (Å²) in [5.41, 5.74) is 1.01. The minimum atomic E-state index is 0.00785. The van der Waals surface area contributed by atoms with Gasteiger partial charge in [-0.2, -0.15) is 0 Å². The van der Waals surface area contributed by atoms with E-state index in [-0.39, 0.29) is 10.3 Å². The van der Waals surface area contributed by atoms with Gasteiger partial charge in [0.15, 0.2) is 0 Å². The monoisotopic (exact) mass is 186 g/mol. The Morgan fingerprint density at radius 3 is 2.75 bits per heavy atom. The third kappa shape index (κ3) is 1.95. The van der Waals surface area contributed by atoms with E-state index in [2.05, 4.69) is 24.1 Å². The van der Waals surface area contributed by atoms with E-state index in [1.807, 2.05) is 12.4 Å². The predicted molar refractivity (Wildman–Crippen MR) is 51.9 cm³/mol. The average molecular weight is 186 g/mol. The van der Waals surface area contributed by atoms with Crippen molar-refractivity contribution >= 4 is 11.3 Å². The second-order valence-electron chi connectivity index (χ2n) is 3.48. The first-order valence-electron chi connectivity index (χ1n) is 3.89. The van der Waals surface area contributed by atoms with Gasteiger partial charge in [0.2, 0.25) is 0 Å². The molecule has 12 heavy (non-hydrogen) atoms. The van der Waals surface area contributed by atoms with Gasteiger partial charge in [-0.25, -0.2) is 0 Å². The molecule has 3 nitrogen and oxygen atoms in total. The maximum atomic E-state index is 10.9. The molecule has 0 atom stereocenters. The summed E-state index contributed by atoms with van der Waals surface area (Å²) >= 11 is 1.22. The Labute approximate surface area is 75.8 Å². The van der Waals surface area contributed by atoms with Crippen molar-refractivity contribution in [3.8, 4) is 0 Å². The lowest BCUT2D eigenvalue weighted by molar-refractivity contribution is 0.482. The van der Waals surface area contributed by atoms with Crippen LogP contribution in [0, 0.1) is 0 Å². The molecule has 0 bridgehead atoms.